The first-order valence-electron chi connectivity index (χ1n) is 8.30. The number of rotatable bonds is 3. The van der Waals surface area contributed by atoms with Crippen LogP contribution in [0.15, 0.2) is 0 Å². The molecular weight excluding hydrogens is 349 g/mol. The van der Waals surface area contributed by atoms with Crippen molar-refractivity contribution in [2.24, 2.45) is 17.8 Å². The second-order valence-electron chi connectivity index (χ2n) is 6.21. The summed E-state index contributed by atoms with van der Waals surface area (Å²) in [4.78, 5) is 0.470. The van der Waals surface area contributed by atoms with Crippen molar-refractivity contribution in [1.82, 2.24) is 0 Å². The van der Waals surface area contributed by atoms with Crippen molar-refractivity contribution < 1.29 is 14.7 Å². The molecule has 0 aromatic rings. The summed E-state index contributed by atoms with van der Waals surface area (Å²) in [5.41, 5.74) is 0. The fraction of sp³-hybridized carbons (Fsp3) is 0.938. The monoisotopic (exact) mass is 390 g/mol. The standard InChI is InChI=1S/C15H25NO.CH3I.6H2/c1-12-2-4-13(5-3-12)10-14-6-8-15(9-7-14)17-11-16;1-2;;;;;;/h12-15H,2-10H2,1H3;1H3;6*1H/i;1D;;;;;;. The van der Waals surface area contributed by atoms with E-state index in [0.29, 0.717) is 4.91 Å². The van der Waals surface area contributed by atoms with Crippen LogP contribution in [0.3, 0.4) is 0 Å². The largest absolute Gasteiger partial charge is 0.424 e. The Labute approximate surface area is 142 Å². The molecule has 0 aliphatic heterocycles. The maximum atomic E-state index is 8.50. The summed E-state index contributed by atoms with van der Waals surface area (Å²) < 4.78 is 11.2. The maximum Gasteiger partial charge on any atom is 0.286 e. The minimum Gasteiger partial charge on any atom is -0.424 e. The quantitative estimate of drug-likeness (QED) is 0.302. The molecule has 19 heavy (non-hydrogen) atoms. The normalized spacial score (nSPS) is 35.3. The van der Waals surface area contributed by atoms with Gasteiger partial charge in [0.05, 0.1) is 0 Å². The van der Waals surface area contributed by atoms with Gasteiger partial charge in [-0.3, -0.25) is 0 Å². The van der Waals surface area contributed by atoms with E-state index in [0.717, 1.165) is 30.6 Å². The summed E-state index contributed by atoms with van der Waals surface area (Å²) in [5.74, 6) is 2.86. The van der Waals surface area contributed by atoms with Gasteiger partial charge < -0.3 is 4.74 Å². The number of hydrogen-bond acceptors (Lipinski definition) is 2. The number of halogens is 1. The smallest absolute Gasteiger partial charge is 0.286 e. The molecule has 2 aliphatic carbocycles. The maximum absolute atomic E-state index is 8.50. The second kappa shape index (κ2) is 9.85. The topological polar surface area (TPSA) is 33.0 Å². The fourth-order valence-corrected chi connectivity index (χ4v) is 3.60. The third-order valence-electron chi connectivity index (χ3n) is 4.82. The Morgan fingerprint density at radius 1 is 1.16 bits per heavy atom. The van der Waals surface area contributed by atoms with Gasteiger partial charge in [0.25, 0.3) is 6.26 Å². The van der Waals surface area contributed by atoms with Crippen molar-refractivity contribution in [2.75, 3.05) is 4.91 Å². The molecule has 0 radical (unpaired) electrons. The van der Waals surface area contributed by atoms with Crippen molar-refractivity contribution in [3.8, 4) is 6.26 Å². The van der Waals surface area contributed by atoms with Gasteiger partial charge in [0.15, 0.2) is 0 Å². The van der Waals surface area contributed by atoms with Crippen LogP contribution in [0.5, 0.6) is 0 Å². The number of hydrogen-bond donors (Lipinski definition) is 0. The van der Waals surface area contributed by atoms with E-state index in [-0.39, 0.29) is 14.7 Å². The molecule has 2 aliphatic rings. The molecule has 0 aromatic carbocycles. The Morgan fingerprint density at radius 3 is 2.11 bits per heavy atom. The van der Waals surface area contributed by atoms with Gasteiger partial charge in [0.1, 0.15) is 6.10 Å². The van der Waals surface area contributed by atoms with Crippen molar-refractivity contribution >= 4 is 22.6 Å². The highest BCUT2D eigenvalue weighted by Crippen LogP contribution is 2.37. The van der Waals surface area contributed by atoms with E-state index in [9.17, 15) is 0 Å². The van der Waals surface area contributed by atoms with Gasteiger partial charge in [-0.2, -0.15) is 5.26 Å². The molecule has 122 valence electrons. The van der Waals surface area contributed by atoms with Crippen molar-refractivity contribution in [3.63, 3.8) is 0 Å². The summed E-state index contributed by atoms with van der Waals surface area (Å²) in [7, 11) is 0. The van der Waals surface area contributed by atoms with E-state index in [1.807, 2.05) is 28.8 Å². The van der Waals surface area contributed by atoms with E-state index < -0.39 is 0 Å². The van der Waals surface area contributed by atoms with Gasteiger partial charge in [-0.05, 0) is 54.8 Å². The summed E-state index contributed by atoms with van der Waals surface area (Å²) in [6, 6.07) is 0. The minimum atomic E-state index is 0. The van der Waals surface area contributed by atoms with Crippen molar-refractivity contribution in [1.29, 1.82) is 5.26 Å². The lowest BCUT2D eigenvalue weighted by Gasteiger charge is -2.32. The average molecular weight is 390 g/mol. The van der Waals surface area contributed by atoms with Crippen LogP contribution in [0.2, 0.25) is 0 Å². The predicted molar refractivity (Wildman–Crippen MR) is 101 cm³/mol. The molecule has 0 aromatic heterocycles. The molecule has 0 bridgehead atoms. The van der Waals surface area contributed by atoms with Crippen LogP contribution >= 0.6 is 22.6 Å². The first kappa shape index (κ1) is 15.4. The molecule has 2 rings (SSSR count). The average Bonchev–Trinajstić information content (AvgIpc) is 2.45. The van der Waals surface area contributed by atoms with E-state index in [1.165, 1.54) is 44.9 Å². The highest BCUT2D eigenvalue weighted by Gasteiger charge is 2.26. The number of alkyl halides is 1. The van der Waals surface area contributed by atoms with E-state index in [1.54, 1.807) is 0 Å². The minimum absolute atomic E-state index is 0. The van der Waals surface area contributed by atoms with Crippen molar-refractivity contribution in [2.45, 2.75) is 70.8 Å². The summed E-state index contributed by atoms with van der Waals surface area (Å²) >= 11 is 1.96. The van der Waals surface area contributed by atoms with Gasteiger partial charge in [-0.15, -0.1) is 0 Å². The Kier molecular flexibility index (Phi) is 7.99. The van der Waals surface area contributed by atoms with Crippen LogP contribution in [0.4, 0.5) is 0 Å². The third kappa shape index (κ3) is 6.33. The van der Waals surface area contributed by atoms with Gasteiger partial charge in [0.2, 0.25) is 0 Å². The number of ether oxygens (including phenoxy) is 1. The highest BCUT2D eigenvalue weighted by atomic mass is 127. The molecule has 2 saturated carbocycles. The Morgan fingerprint density at radius 2 is 1.63 bits per heavy atom. The van der Waals surface area contributed by atoms with Gasteiger partial charge in [-0.25, -0.2) is 0 Å². The molecule has 0 atom stereocenters. The van der Waals surface area contributed by atoms with E-state index in [4.69, 9.17) is 11.4 Å². The van der Waals surface area contributed by atoms with Crippen molar-refractivity contribution in [3.05, 3.63) is 0 Å². The van der Waals surface area contributed by atoms with Gasteiger partial charge >= 0.3 is 0 Å². The van der Waals surface area contributed by atoms with E-state index in [2.05, 4.69) is 6.92 Å². The fourth-order valence-electron chi connectivity index (χ4n) is 3.60. The first-order chi connectivity index (χ1) is 9.69. The zero-order valence-electron chi connectivity index (χ0n) is 13.1. The molecule has 2 fully saturated rings. The Bertz CT molecular complexity index is 295. The van der Waals surface area contributed by atoms with Crippen LogP contribution in [-0.4, -0.2) is 11.0 Å². The number of nitriles is 1. The zero-order chi connectivity index (χ0) is 14.8. The van der Waals surface area contributed by atoms with Crippen LogP contribution in [-0.2, 0) is 4.74 Å². The van der Waals surface area contributed by atoms with E-state index >= 15 is 0 Å². The Hall–Kier alpha value is 0.0200. The summed E-state index contributed by atoms with van der Waals surface area (Å²) in [6.45, 7) is 2.39. The molecule has 0 spiro atoms. The Balaban J connectivity index is -0.000000104. The molecule has 0 amide bonds. The molecule has 0 heterocycles. The molecule has 3 heteroatoms. The van der Waals surface area contributed by atoms with Crippen LogP contribution in [0, 0.1) is 29.3 Å². The molecule has 0 saturated heterocycles. The van der Waals surface area contributed by atoms with Crippen LogP contribution in [0.25, 0.3) is 0 Å². The van der Waals surface area contributed by atoms with Gasteiger partial charge in [0, 0.05) is 9.93 Å². The first-order valence-corrected chi connectivity index (χ1v) is 9.12. The summed E-state index contributed by atoms with van der Waals surface area (Å²) in [5, 5.41) is 8.50. The molecule has 0 unspecified atom stereocenters. The SMILES string of the molecule is CC1CCC(CC2CCC(OC#N)CC2)CC1.[2H]CI.[HH].[HH].[HH].[HH].[HH].[HH]. The van der Waals surface area contributed by atoms with Gasteiger partial charge in [-0.1, -0.05) is 55.2 Å². The number of nitrogens with zero attached hydrogens (tertiary/aromatic N) is 1. The lowest BCUT2D eigenvalue weighted by molar-refractivity contribution is 0.0907. The zero-order valence-corrected chi connectivity index (χ0v) is 14.3. The highest BCUT2D eigenvalue weighted by molar-refractivity contribution is 14.1. The lowest BCUT2D eigenvalue weighted by atomic mass is 9.75. The van der Waals surface area contributed by atoms with Crippen LogP contribution in [0.1, 0.15) is 74.6 Å². The molecule has 2 nitrogen and oxygen atoms in total. The second-order valence-corrected chi connectivity index (χ2v) is 6.21. The molecular formula is C16H40INO. The summed E-state index contributed by atoms with van der Waals surface area (Å²) in [6.07, 6.45) is 14.0. The lowest BCUT2D eigenvalue weighted by Crippen LogP contribution is -2.23. The molecule has 0 N–H and O–H groups in total. The van der Waals surface area contributed by atoms with Crippen LogP contribution < -0.4 is 0 Å². The third-order valence-corrected chi connectivity index (χ3v) is 4.82. The predicted octanol–water partition coefficient (Wildman–Crippen LogP) is 6.79.